The predicted molar refractivity (Wildman–Crippen MR) is 79.4 cm³/mol. The van der Waals surface area contributed by atoms with Crippen molar-refractivity contribution in [2.24, 2.45) is 4.99 Å². The van der Waals surface area contributed by atoms with Crippen LogP contribution in [0.5, 0.6) is 5.88 Å². The predicted octanol–water partition coefficient (Wildman–Crippen LogP) is 2.71. The van der Waals surface area contributed by atoms with Crippen LogP contribution in [0.25, 0.3) is 0 Å². The van der Waals surface area contributed by atoms with Crippen LogP contribution in [0.2, 0.25) is 5.02 Å². The zero-order valence-electron chi connectivity index (χ0n) is 12.3. The first-order valence-electron chi connectivity index (χ1n) is 6.68. The molecule has 0 fully saturated rings. The van der Waals surface area contributed by atoms with Gasteiger partial charge in [-0.1, -0.05) is 18.5 Å². The molecule has 5 nitrogen and oxygen atoms in total. The fourth-order valence-corrected chi connectivity index (χ4v) is 1.69. The first-order valence-corrected chi connectivity index (χ1v) is 7.06. The number of nitrogens with one attached hydrogen (secondary N) is 2. The monoisotopic (exact) mass is 338 g/mol. The van der Waals surface area contributed by atoms with Crippen LogP contribution in [-0.4, -0.2) is 37.7 Å². The Bertz CT molecular complexity index is 509. The number of guanidine groups is 1. The minimum Gasteiger partial charge on any atom is -0.475 e. The van der Waals surface area contributed by atoms with Gasteiger partial charge in [0.2, 0.25) is 5.88 Å². The Morgan fingerprint density at radius 2 is 2.05 bits per heavy atom. The van der Waals surface area contributed by atoms with Gasteiger partial charge in [-0.15, -0.1) is 0 Å². The highest BCUT2D eigenvalue weighted by atomic mass is 35.5. The molecule has 0 saturated carbocycles. The summed E-state index contributed by atoms with van der Waals surface area (Å²) in [5.41, 5.74) is -0.910. The molecule has 0 aliphatic rings. The second-order valence-electron chi connectivity index (χ2n) is 4.28. The Morgan fingerprint density at radius 3 is 2.59 bits per heavy atom. The van der Waals surface area contributed by atoms with Gasteiger partial charge in [-0.25, -0.2) is 4.98 Å². The van der Waals surface area contributed by atoms with Crippen LogP contribution in [0.15, 0.2) is 17.3 Å². The quantitative estimate of drug-likeness (QED) is 0.476. The van der Waals surface area contributed by atoms with Crippen LogP contribution in [0, 0.1) is 0 Å². The highest BCUT2D eigenvalue weighted by molar-refractivity contribution is 6.31. The molecule has 0 aliphatic heterocycles. The first kappa shape index (κ1) is 18.3. The number of aliphatic imine (C=N–C) groups is 1. The van der Waals surface area contributed by atoms with Gasteiger partial charge in [0, 0.05) is 19.8 Å². The van der Waals surface area contributed by atoms with Crippen molar-refractivity contribution in [1.29, 1.82) is 0 Å². The lowest BCUT2D eigenvalue weighted by molar-refractivity contribution is -0.137. The molecule has 0 aromatic carbocycles. The number of hydrogen-bond acceptors (Lipinski definition) is 3. The summed E-state index contributed by atoms with van der Waals surface area (Å²) in [4.78, 5) is 7.58. The summed E-state index contributed by atoms with van der Waals surface area (Å²) < 4.78 is 42.6. The molecule has 1 aromatic rings. The summed E-state index contributed by atoms with van der Waals surface area (Å²) in [7, 11) is 1.64. The molecule has 1 aromatic heterocycles. The summed E-state index contributed by atoms with van der Waals surface area (Å²) in [5, 5.41) is 5.88. The Morgan fingerprint density at radius 1 is 1.36 bits per heavy atom. The maximum Gasteiger partial charge on any atom is 0.417 e. The van der Waals surface area contributed by atoms with Crippen molar-refractivity contribution < 1.29 is 17.9 Å². The van der Waals surface area contributed by atoms with E-state index in [-0.39, 0.29) is 17.5 Å². The van der Waals surface area contributed by atoms with Crippen LogP contribution < -0.4 is 15.4 Å². The molecule has 1 heterocycles. The zero-order valence-corrected chi connectivity index (χ0v) is 13.1. The molecular weight excluding hydrogens is 321 g/mol. The van der Waals surface area contributed by atoms with E-state index in [2.05, 4.69) is 20.6 Å². The lowest BCUT2D eigenvalue weighted by atomic mass is 10.3. The lowest BCUT2D eigenvalue weighted by Crippen LogP contribution is -2.39. The second kappa shape index (κ2) is 8.67. The average molecular weight is 339 g/mol. The zero-order chi connectivity index (χ0) is 16.6. The third-order valence-corrected chi connectivity index (χ3v) is 2.80. The van der Waals surface area contributed by atoms with E-state index in [0.717, 1.165) is 19.0 Å². The van der Waals surface area contributed by atoms with Crippen molar-refractivity contribution in [3.8, 4) is 5.88 Å². The van der Waals surface area contributed by atoms with Crippen molar-refractivity contribution in [3.63, 3.8) is 0 Å². The number of halogens is 4. The molecule has 0 radical (unpaired) electrons. The maximum atomic E-state index is 12.5. The molecule has 2 N–H and O–H groups in total. The third-order valence-electron chi connectivity index (χ3n) is 2.53. The van der Waals surface area contributed by atoms with E-state index in [1.54, 1.807) is 7.05 Å². The van der Waals surface area contributed by atoms with Gasteiger partial charge in [0.05, 0.1) is 12.1 Å². The Hall–Kier alpha value is -1.70. The van der Waals surface area contributed by atoms with Crippen molar-refractivity contribution in [2.45, 2.75) is 19.5 Å². The molecule has 0 amide bonds. The molecule has 124 valence electrons. The topological polar surface area (TPSA) is 58.5 Å². The minimum atomic E-state index is -4.48. The SMILES string of the molecule is CCCNC(=NC)NCCOc1ncc(C(F)(F)F)cc1Cl. The van der Waals surface area contributed by atoms with Gasteiger partial charge in [0.1, 0.15) is 11.6 Å². The Labute approximate surface area is 131 Å². The van der Waals surface area contributed by atoms with E-state index in [1.807, 2.05) is 6.92 Å². The standard InChI is InChI=1S/C13H18ClF3N4O/c1-3-4-19-12(18-2)20-5-6-22-11-10(14)7-9(8-21-11)13(15,16)17/h7-8H,3-6H2,1-2H3,(H2,18,19,20). The van der Waals surface area contributed by atoms with Crippen molar-refractivity contribution in [2.75, 3.05) is 26.7 Å². The van der Waals surface area contributed by atoms with Gasteiger partial charge >= 0.3 is 6.18 Å². The van der Waals surface area contributed by atoms with Gasteiger partial charge in [-0.05, 0) is 12.5 Å². The largest absolute Gasteiger partial charge is 0.475 e. The van der Waals surface area contributed by atoms with Crippen molar-refractivity contribution >= 4 is 17.6 Å². The fourth-order valence-electron chi connectivity index (χ4n) is 1.47. The lowest BCUT2D eigenvalue weighted by Gasteiger charge is -2.12. The minimum absolute atomic E-state index is 0.0343. The maximum absolute atomic E-state index is 12.5. The number of hydrogen-bond donors (Lipinski definition) is 2. The molecule has 0 unspecified atom stereocenters. The molecule has 22 heavy (non-hydrogen) atoms. The Balaban J connectivity index is 2.45. The summed E-state index contributed by atoms with van der Waals surface area (Å²) in [6.07, 6.45) is -2.83. The van der Waals surface area contributed by atoms with E-state index in [9.17, 15) is 13.2 Å². The van der Waals surface area contributed by atoms with Gasteiger partial charge in [-0.3, -0.25) is 4.99 Å². The molecule has 0 saturated heterocycles. The van der Waals surface area contributed by atoms with E-state index < -0.39 is 11.7 Å². The molecule has 0 aliphatic carbocycles. The summed E-state index contributed by atoms with van der Waals surface area (Å²) in [5.74, 6) is 0.588. The number of ether oxygens (including phenoxy) is 1. The number of aromatic nitrogens is 1. The molecule has 9 heteroatoms. The molecule has 0 bridgehead atoms. The van der Waals surface area contributed by atoms with E-state index in [1.165, 1.54) is 0 Å². The van der Waals surface area contributed by atoms with Gasteiger partial charge in [-0.2, -0.15) is 13.2 Å². The third kappa shape index (κ3) is 5.97. The molecular formula is C13H18ClF3N4O. The fraction of sp³-hybridized carbons (Fsp3) is 0.538. The van der Waals surface area contributed by atoms with Gasteiger partial charge in [0.25, 0.3) is 0 Å². The summed E-state index contributed by atoms with van der Waals surface area (Å²) >= 11 is 5.73. The summed E-state index contributed by atoms with van der Waals surface area (Å²) in [6, 6.07) is 0.791. The number of rotatable bonds is 6. The molecule has 0 spiro atoms. The van der Waals surface area contributed by atoms with Crippen LogP contribution >= 0.6 is 11.6 Å². The highest BCUT2D eigenvalue weighted by Gasteiger charge is 2.31. The second-order valence-corrected chi connectivity index (χ2v) is 4.69. The highest BCUT2D eigenvalue weighted by Crippen LogP contribution is 2.32. The molecule has 0 atom stereocenters. The van der Waals surface area contributed by atoms with Gasteiger partial charge in [0.15, 0.2) is 5.96 Å². The van der Waals surface area contributed by atoms with Gasteiger partial charge < -0.3 is 15.4 Å². The van der Waals surface area contributed by atoms with Crippen LogP contribution in [-0.2, 0) is 6.18 Å². The number of pyridine rings is 1. The van der Waals surface area contributed by atoms with E-state index in [4.69, 9.17) is 16.3 Å². The number of nitrogens with zero attached hydrogens (tertiary/aromatic N) is 2. The normalized spacial score (nSPS) is 12.2. The average Bonchev–Trinajstić information content (AvgIpc) is 2.46. The first-order chi connectivity index (χ1) is 10.4. The van der Waals surface area contributed by atoms with Crippen molar-refractivity contribution in [1.82, 2.24) is 15.6 Å². The molecule has 1 rings (SSSR count). The van der Waals surface area contributed by atoms with E-state index in [0.29, 0.717) is 18.7 Å². The van der Waals surface area contributed by atoms with Crippen molar-refractivity contribution in [3.05, 3.63) is 22.8 Å². The summed E-state index contributed by atoms with van der Waals surface area (Å²) in [6.45, 7) is 3.40. The van der Waals surface area contributed by atoms with Crippen LogP contribution in [0.4, 0.5) is 13.2 Å². The Kier molecular flexibility index (Phi) is 7.23. The van der Waals surface area contributed by atoms with Crippen LogP contribution in [0.3, 0.4) is 0 Å². The van der Waals surface area contributed by atoms with E-state index >= 15 is 0 Å². The van der Waals surface area contributed by atoms with Crippen LogP contribution in [0.1, 0.15) is 18.9 Å². The number of alkyl halides is 3. The smallest absolute Gasteiger partial charge is 0.417 e.